The molecule has 0 saturated carbocycles. The Kier molecular flexibility index (Phi) is 3.02. The number of anilines is 1. The van der Waals surface area contributed by atoms with Gasteiger partial charge in [-0.05, 0) is 31.2 Å². The van der Waals surface area contributed by atoms with Crippen molar-refractivity contribution in [3.8, 4) is 0 Å². The Balaban J connectivity index is 1.89. The van der Waals surface area contributed by atoms with Crippen molar-refractivity contribution in [2.24, 2.45) is 0 Å². The second kappa shape index (κ2) is 4.70. The molecule has 0 bridgehead atoms. The topological polar surface area (TPSA) is 75.0 Å². The van der Waals surface area contributed by atoms with Crippen LogP contribution in [0.25, 0.3) is 0 Å². The zero-order valence-electron chi connectivity index (χ0n) is 10.7. The minimum Gasteiger partial charge on any atom is -0.395 e. The van der Waals surface area contributed by atoms with Crippen LogP contribution in [0.15, 0.2) is 17.5 Å². The summed E-state index contributed by atoms with van der Waals surface area (Å²) in [7, 11) is 0. The fourth-order valence-corrected chi connectivity index (χ4v) is 3.40. The molecule has 2 aromatic heterocycles. The van der Waals surface area contributed by atoms with Crippen molar-refractivity contribution in [2.75, 3.05) is 12.3 Å². The highest BCUT2D eigenvalue weighted by atomic mass is 32.1. The van der Waals surface area contributed by atoms with E-state index >= 15 is 0 Å². The Labute approximate surface area is 115 Å². The average Bonchev–Trinajstić information content (AvgIpc) is 3.11. The summed E-state index contributed by atoms with van der Waals surface area (Å²) >= 11 is 1.69. The number of nitrogen functional groups attached to an aromatic ring is 1. The summed E-state index contributed by atoms with van der Waals surface area (Å²) in [6, 6.07) is 4.28. The first-order valence-electron chi connectivity index (χ1n) is 6.33. The van der Waals surface area contributed by atoms with E-state index in [2.05, 4.69) is 16.3 Å². The second-order valence-electron chi connectivity index (χ2n) is 4.78. The van der Waals surface area contributed by atoms with Crippen molar-refractivity contribution in [1.29, 1.82) is 0 Å². The maximum absolute atomic E-state index is 12.6. The average molecular weight is 276 g/mol. The lowest BCUT2D eigenvalue weighted by molar-refractivity contribution is 0.0733. The Morgan fingerprint density at radius 3 is 3.11 bits per heavy atom. The van der Waals surface area contributed by atoms with Crippen molar-refractivity contribution >= 4 is 22.9 Å². The quantitative estimate of drug-likeness (QED) is 0.884. The van der Waals surface area contributed by atoms with Gasteiger partial charge in [0.2, 0.25) is 0 Å². The van der Waals surface area contributed by atoms with E-state index in [9.17, 15) is 4.79 Å². The van der Waals surface area contributed by atoms with Crippen LogP contribution in [0.1, 0.15) is 39.9 Å². The molecule has 3 rings (SSSR count). The second-order valence-corrected chi connectivity index (χ2v) is 5.76. The normalized spacial score (nSPS) is 19.0. The molecule has 1 saturated heterocycles. The highest BCUT2D eigenvalue weighted by molar-refractivity contribution is 7.10. The monoisotopic (exact) mass is 276 g/mol. The molecule has 0 spiro atoms. The summed E-state index contributed by atoms with van der Waals surface area (Å²) in [4.78, 5) is 15.7. The maximum Gasteiger partial charge on any atom is 0.277 e. The Bertz CT molecular complexity index is 590. The van der Waals surface area contributed by atoms with Gasteiger partial charge < -0.3 is 10.6 Å². The fourth-order valence-electron chi connectivity index (χ4n) is 2.52. The van der Waals surface area contributed by atoms with Gasteiger partial charge in [0.25, 0.3) is 5.91 Å². The molecule has 3 heterocycles. The third-order valence-corrected chi connectivity index (χ3v) is 4.56. The largest absolute Gasteiger partial charge is 0.395 e. The smallest absolute Gasteiger partial charge is 0.277 e. The van der Waals surface area contributed by atoms with Crippen LogP contribution in [-0.4, -0.2) is 27.5 Å². The Morgan fingerprint density at radius 1 is 1.63 bits per heavy atom. The molecule has 5 nitrogen and oxygen atoms in total. The van der Waals surface area contributed by atoms with E-state index in [-0.39, 0.29) is 11.9 Å². The maximum atomic E-state index is 12.6. The van der Waals surface area contributed by atoms with Gasteiger partial charge in [-0.25, -0.2) is 0 Å². The van der Waals surface area contributed by atoms with Gasteiger partial charge in [0.15, 0.2) is 5.69 Å². The summed E-state index contributed by atoms with van der Waals surface area (Å²) in [5.41, 5.74) is 7.45. The van der Waals surface area contributed by atoms with Gasteiger partial charge in [-0.2, -0.15) is 5.10 Å². The van der Waals surface area contributed by atoms with Gasteiger partial charge in [0, 0.05) is 11.4 Å². The van der Waals surface area contributed by atoms with Crippen LogP contribution in [0.2, 0.25) is 0 Å². The number of carbonyl (C=O) groups excluding carboxylic acids is 1. The van der Waals surface area contributed by atoms with E-state index in [1.54, 1.807) is 11.3 Å². The van der Waals surface area contributed by atoms with Gasteiger partial charge in [0.05, 0.1) is 17.4 Å². The molecule has 1 amide bonds. The first-order chi connectivity index (χ1) is 9.18. The molecule has 1 aliphatic rings. The number of aromatic nitrogens is 2. The number of H-pyrrole nitrogens is 1. The molecular weight excluding hydrogens is 260 g/mol. The molecule has 100 valence electrons. The number of aryl methyl sites for hydroxylation is 1. The zero-order chi connectivity index (χ0) is 13.4. The van der Waals surface area contributed by atoms with E-state index in [0.29, 0.717) is 11.4 Å². The van der Waals surface area contributed by atoms with Crippen LogP contribution in [0, 0.1) is 6.92 Å². The van der Waals surface area contributed by atoms with E-state index in [1.807, 2.05) is 23.3 Å². The van der Waals surface area contributed by atoms with Crippen LogP contribution in [0.5, 0.6) is 0 Å². The van der Waals surface area contributed by atoms with E-state index in [1.165, 1.54) is 4.88 Å². The van der Waals surface area contributed by atoms with Gasteiger partial charge in [0.1, 0.15) is 0 Å². The molecule has 3 N–H and O–H groups in total. The summed E-state index contributed by atoms with van der Waals surface area (Å²) in [5.74, 6) is -0.0715. The van der Waals surface area contributed by atoms with Crippen molar-refractivity contribution in [2.45, 2.75) is 25.8 Å². The number of nitrogens with two attached hydrogens (primary N) is 1. The molecular formula is C13H16N4OS. The van der Waals surface area contributed by atoms with Crippen LogP contribution >= 0.6 is 11.3 Å². The predicted octanol–water partition coefficient (Wildman–Crippen LogP) is 2.34. The minimum absolute atomic E-state index is 0.0715. The van der Waals surface area contributed by atoms with Crippen LogP contribution in [-0.2, 0) is 0 Å². The Morgan fingerprint density at radius 2 is 2.47 bits per heavy atom. The number of nitrogens with one attached hydrogen (secondary N) is 1. The van der Waals surface area contributed by atoms with E-state index < -0.39 is 0 Å². The van der Waals surface area contributed by atoms with Gasteiger partial charge >= 0.3 is 0 Å². The lowest BCUT2D eigenvalue weighted by Gasteiger charge is -2.23. The minimum atomic E-state index is -0.0715. The number of rotatable bonds is 2. The SMILES string of the molecule is Cc1[nH]nc(C(=O)N2CCCC2c2cccs2)c1N. The van der Waals surface area contributed by atoms with Crippen LogP contribution < -0.4 is 5.73 Å². The van der Waals surface area contributed by atoms with Crippen molar-refractivity contribution in [3.05, 3.63) is 33.8 Å². The summed E-state index contributed by atoms with van der Waals surface area (Å²) < 4.78 is 0. The van der Waals surface area contributed by atoms with E-state index in [4.69, 9.17) is 5.73 Å². The van der Waals surface area contributed by atoms with Gasteiger partial charge in [-0.15, -0.1) is 11.3 Å². The predicted molar refractivity (Wildman–Crippen MR) is 75.1 cm³/mol. The highest BCUT2D eigenvalue weighted by Gasteiger charge is 2.33. The van der Waals surface area contributed by atoms with Crippen LogP contribution in [0.3, 0.4) is 0 Å². The lowest BCUT2D eigenvalue weighted by Crippen LogP contribution is -2.31. The number of likely N-dealkylation sites (tertiary alicyclic amines) is 1. The van der Waals surface area contributed by atoms with Gasteiger partial charge in [-0.3, -0.25) is 9.89 Å². The standard InChI is InChI=1S/C13H16N4OS/c1-8-11(14)12(16-15-8)13(18)17-6-2-4-9(17)10-5-3-7-19-10/h3,5,7,9H,2,4,6,14H2,1H3,(H,15,16). The molecule has 19 heavy (non-hydrogen) atoms. The third kappa shape index (κ3) is 2.02. The van der Waals surface area contributed by atoms with Crippen molar-refractivity contribution in [1.82, 2.24) is 15.1 Å². The fraction of sp³-hybridized carbons (Fsp3) is 0.385. The number of hydrogen-bond donors (Lipinski definition) is 2. The molecule has 1 aliphatic heterocycles. The molecule has 0 radical (unpaired) electrons. The molecule has 1 unspecified atom stereocenters. The first-order valence-corrected chi connectivity index (χ1v) is 7.21. The third-order valence-electron chi connectivity index (χ3n) is 3.58. The van der Waals surface area contributed by atoms with Crippen molar-refractivity contribution in [3.63, 3.8) is 0 Å². The number of hydrogen-bond acceptors (Lipinski definition) is 4. The number of aromatic amines is 1. The molecule has 6 heteroatoms. The summed E-state index contributed by atoms with van der Waals surface area (Å²) in [6.07, 6.45) is 2.03. The summed E-state index contributed by atoms with van der Waals surface area (Å²) in [6.45, 7) is 2.59. The highest BCUT2D eigenvalue weighted by Crippen LogP contribution is 2.35. The zero-order valence-corrected chi connectivity index (χ0v) is 11.5. The molecule has 0 aromatic carbocycles. The molecule has 2 aromatic rings. The molecule has 0 aliphatic carbocycles. The molecule has 1 atom stereocenters. The Hall–Kier alpha value is -1.82. The van der Waals surface area contributed by atoms with Crippen LogP contribution in [0.4, 0.5) is 5.69 Å². The van der Waals surface area contributed by atoms with E-state index in [0.717, 1.165) is 25.1 Å². The van der Waals surface area contributed by atoms with Crippen molar-refractivity contribution < 1.29 is 4.79 Å². The number of nitrogens with zero attached hydrogens (tertiary/aromatic N) is 2. The van der Waals surface area contributed by atoms with Gasteiger partial charge in [-0.1, -0.05) is 6.07 Å². The first kappa shape index (κ1) is 12.2. The number of amides is 1. The number of carbonyl (C=O) groups is 1. The lowest BCUT2D eigenvalue weighted by atomic mass is 10.2. The number of thiophene rings is 1. The molecule has 1 fully saturated rings. The summed E-state index contributed by atoms with van der Waals surface area (Å²) in [5, 5.41) is 8.85.